The Kier molecular flexibility index (Phi) is 7.19. The second kappa shape index (κ2) is 11.0. The summed E-state index contributed by atoms with van der Waals surface area (Å²) >= 11 is 3.40. The molecule has 1 aromatic heterocycles. The van der Waals surface area contributed by atoms with E-state index in [1.807, 2.05) is 42.5 Å². The summed E-state index contributed by atoms with van der Waals surface area (Å²) in [5.41, 5.74) is 4.75. The van der Waals surface area contributed by atoms with Crippen molar-refractivity contribution < 1.29 is 10.0 Å². The molecular weight excluding hydrogens is 546 g/mol. The maximum Gasteiger partial charge on any atom is 0.270 e. The zero-order valence-corrected chi connectivity index (χ0v) is 21.4. The van der Waals surface area contributed by atoms with Crippen molar-refractivity contribution in [2.75, 3.05) is 0 Å². The zero-order chi connectivity index (χ0) is 26.5. The van der Waals surface area contributed by atoms with E-state index in [-0.39, 0.29) is 17.4 Å². The molecule has 0 unspecified atom stereocenters. The number of phenolic OH excluding ortho intramolecular Hbond substituents is 1. The summed E-state index contributed by atoms with van der Waals surface area (Å²) in [6.07, 6.45) is 4.75. The Morgan fingerprint density at radius 2 is 1.61 bits per heavy atom. The molecule has 4 aromatic carbocycles. The number of nitrogens with zero attached hydrogens (tertiary/aromatic N) is 5. The van der Waals surface area contributed by atoms with Crippen LogP contribution in [-0.2, 0) is 0 Å². The molecule has 0 spiro atoms. The fourth-order valence-electron chi connectivity index (χ4n) is 3.74. The first-order valence-corrected chi connectivity index (χ1v) is 12.3. The number of nitro benzene ring substituents is 1. The average molecular weight is 566 g/mol. The number of aliphatic imine (C=N–C) groups is 1. The fraction of sp³-hybridized carbons (Fsp3) is 0. The van der Waals surface area contributed by atoms with E-state index < -0.39 is 4.92 Å². The molecule has 0 fully saturated rings. The molecule has 9 heteroatoms. The van der Waals surface area contributed by atoms with Gasteiger partial charge in [-0.05, 0) is 29.3 Å². The van der Waals surface area contributed by atoms with E-state index in [1.54, 1.807) is 36.5 Å². The Balaban J connectivity index is 1.51. The molecule has 0 saturated heterocycles. The predicted octanol–water partition coefficient (Wildman–Crippen LogP) is 7.23. The van der Waals surface area contributed by atoms with Gasteiger partial charge >= 0.3 is 0 Å². The summed E-state index contributed by atoms with van der Waals surface area (Å²) in [7, 11) is 0. The smallest absolute Gasteiger partial charge is 0.270 e. The quantitative estimate of drug-likeness (QED) is 0.127. The van der Waals surface area contributed by atoms with E-state index in [2.05, 4.69) is 43.1 Å². The van der Waals surface area contributed by atoms with Gasteiger partial charge in [0.1, 0.15) is 5.75 Å². The van der Waals surface area contributed by atoms with Gasteiger partial charge in [0.15, 0.2) is 0 Å². The van der Waals surface area contributed by atoms with E-state index in [0.717, 1.165) is 21.2 Å². The molecule has 8 nitrogen and oxygen atoms in total. The molecular formula is C29H20BrN5O3. The standard InChI is InChI=1S/C29H20BrN5O3/c30-25-13-14-28(36)24(16-25)18-31-29-33-27(23-11-9-22(10-12-23)21-6-2-1-3-7-21)19-34(29)32-17-20-5-4-8-26(15-20)35(37)38/h1-19,36H/b31-18+,32-17+. The fourth-order valence-corrected chi connectivity index (χ4v) is 4.12. The van der Waals surface area contributed by atoms with Gasteiger partial charge in [-0.1, -0.05) is 82.7 Å². The molecule has 5 rings (SSSR count). The van der Waals surface area contributed by atoms with Crippen LogP contribution in [0.1, 0.15) is 11.1 Å². The van der Waals surface area contributed by atoms with Crippen molar-refractivity contribution in [3.8, 4) is 28.1 Å². The summed E-state index contributed by atoms with van der Waals surface area (Å²) in [6, 6.07) is 29.3. The highest BCUT2D eigenvalue weighted by molar-refractivity contribution is 9.10. The Bertz CT molecular complexity index is 1660. The van der Waals surface area contributed by atoms with E-state index in [0.29, 0.717) is 16.8 Å². The number of hydrogen-bond acceptors (Lipinski definition) is 6. The Morgan fingerprint density at radius 1 is 0.868 bits per heavy atom. The molecule has 186 valence electrons. The topological polar surface area (TPSA) is 106 Å². The summed E-state index contributed by atoms with van der Waals surface area (Å²) in [5, 5.41) is 25.8. The molecule has 0 radical (unpaired) electrons. The molecule has 5 aromatic rings. The lowest BCUT2D eigenvalue weighted by atomic mass is 10.0. The minimum atomic E-state index is -0.452. The average Bonchev–Trinajstić information content (AvgIpc) is 3.36. The number of aromatic hydroxyl groups is 1. The summed E-state index contributed by atoms with van der Waals surface area (Å²) < 4.78 is 2.29. The van der Waals surface area contributed by atoms with Crippen LogP contribution in [0, 0.1) is 10.1 Å². The lowest BCUT2D eigenvalue weighted by Gasteiger charge is -2.02. The number of non-ortho nitro benzene ring substituents is 1. The predicted molar refractivity (Wildman–Crippen MR) is 152 cm³/mol. The lowest BCUT2D eigenvalue weighted by Crippen LogP contribution is -1.92. The number of benzene rings is 4. The Morgan fingerprint density at radius 3 is 2.37 bits per heavy atom. The molecule has 1 heterocycles. The third kappa shape index (κ3) is 5.74. The molecule has 0 amide bonds. The van der Waals surface area contributed by atoms with Crippen molar-refractivity contribution in [3.63, 3.8) is 0 Å². The van der Waals surface area contributed by atoms with Crippen LogP contribution in [-0.4, -0.2) is 32.1 Å². The number of rotatable bonds is 7. The minimum Gasteiger partial charge on any atom is -0.507 e. The third-order valence-electron chi connectivity index (χ3n) is 5.68. The number of halogens is 1. The number of imidazole rings is 1. The van der Waals surface area contributed by atoms with Crippen molar-refractivity contribution in [2.24, 2.45) is 10.1 Å². The molecule has 0 aliphatic carbocycles. The molecule has 38 heavy (non-hydrogen) atoms. The van der Waals surface area contributed by atoms with Gasteiger partial charge in [-0.2, -0.15) is 5.10 Å². The van der Waals surface area contributed by atoms with Crippen molar-refractivity contribution in [2.45, 2.75) is 0 Å². The van der Waals surface area contributed by atoms with Crippen LogP contribution >= 0.6 is 15.9 Å². The van der Waals surface area contributed by atoms with Crippen LogP contribution in [0.25, 0.3) is 22.4 Å². The monoisotopic (exact) mass is 565 g/mol. The van der Waals surface area contributed by atoms with Crippen molar-refractivity contribution in [3.05, 3.63) is 129 Å². The van der Waals surface area contributed by atoms with E-state index in [9.17, 15) is 15.2 Å². The number of nitro groups is 1. The zero-order valence-electron chi connectivity index (χ0n) is 19.8. The molecule has 1 N–H and O–H groups in total. The Labute approximate surface area is 226 Å². The van der Waals surface area contributed by atoms with Gasteiger partial charge in [0.2, 0.25) is 0 Å². The van der Waals surface area contributed by atoms with Gasteiger partial charge in [0.25, 0.3) is 11.6 Å². The van der Waals surface area contributed by atoms with Crippen LogP contribution in [0.5, 0.6) is 5.75 Å². The highest BCUT2D eigenvalue weighted by Crippen LogP contribution is 2.27. The molecule has 0 saturated carbocycles. The van der Waals surface area contributed by atoms with Crippen molar-refractivity contribution in [1.29, 1.82) is 0 Å². The van der Waals surface area contributed by atoms with Gasteiger partial charge in [-0.25, -0.2) is 14.7 Å². The lowest BCUT2D eigenvalue weighted by molar-refractivity contribution is -0.384. The second-order valence-electron chi connectivity index (χ2n) is 8.27. The molecule has 0 aliphatic heterocycles. The van der Waals surface area contributed by atoms with Crippen LogP contribution in [0.15, 0.2) is 118 Å². The van der Waals surface area contributed by atoms with Gasteiger partial charge < -0.3 is 5.11 Å². The molecule has 0 atom stereocenters. The van der Waals surface area contributed by atoms with Crippen LogP contribution < -0.4 is 0 Å². The third-order valence-corrected chi connectivity index (χ3v) is 6.17. The van der Waals surface area contributed by atoms with Gasteiger partial charge in [-0.3, -0.25) is 10.1 Å². The molecule has 0 bridgehead atoms. The van der Waals surface area contributed by atoms with Crippen molar-refractivity contribution in [1.82, 2.24) is 9.66 Å². The summed E-state index contributed by atoms with van der Waals surface area (Å²) in [4.78, 5) is 19.8. The maximum atomic E-state index is 11.1. The van der Waals surface area contributed by atoms with E-state index in [4.69, 9.17) is 0 Å². The van der Waals surface area contributed by atoms with Gasteiger partial charge in [0.05, 0.1) is 23.0 Å². The second-order valence-corrected chi connectivity index (χ2v) is 9.19. The Hall–Kier alpha value is -4.89. The van der Waals surface area contributed by atoms with Crippen LogP contribution in [0.4, 0.5) is 11.6 Å². The number of phenols is 1. The normalized spacial score (nSPS) is 11.4. The van der Waals surface area contributed by atoms with Gasteiger partial charge in [0, 0.05) is 39.5 Å². The summed E-state index contributed by atoms with van der Waals surface area (Å²) in [6.45, 7) is 0. The number of hydrogen-bond donors (Lipinski definition) is 1. The highest BCUT2D eigenvalue weighted by atomic mass is 79.9. The summed E-state index contributed by atoms with van der Waals surface area (Å²) in [5.74, 6) is 0.347. The highest BCUT2D eigenvalue weighted by Gasteiger charge is 2.10. The SMILES string of the molecule is O=[N+]([O-])c1cccc(/C=N/n2cc(-c3ccc(-c4ccccc4)cc3)nc2/N=C/c2cc(Br)ccc2O)c1. The molecule has 0 aliphatic rings. The maximum absolute atomic E-state index is 11.1. The van der Waals surface area contributed by atoms with E-state index >= 15 is 0 Å². The first-order valence-electron chi connectivity index (χ1n) is 11.5. The van der Waals surface area contributed by atoms with E-state index in [1.165, 1.54) is 29.2 Å². The first kappa shape index (κ1) is 24.8. The number of aromatic nitrogens is 2. The van der Waals surface area contributed by atoms with Crippen molar-refractivity contribution >= 4 is 40.0 Å². The minimum absolute atomic E-state index is 0.0258. The largest absolute Gasteiger partial charge is 0.507 e. The van der Waals surface area contributed by atoms with Crippen LogP contribution in [0.2, 0.25) is 0 Å². The van der Waals surface area contributed by atoms with Gasteiger partial charge in [-0.15, -0.1) is 0 Å². The van der Waals surface area contributed by atoms with Crippen LogP contribution in [0.3, 0.4) is 0 Å². The first-order chi connectivity index (χ1) is 18.5.